The Kier molecular flexibility index (Phi) is 4.11. The predicted molar refractivity (Wildman–Crippen MR) is 75.0 cm³/mol. The molecule has 0 saturated heterocycles. The van der Waals surface area contributed by atoms with Crippen molar-refractivity contribution in [2.45, 2.75) is 39.5 Å². The van der Waals surface area contributed by atoms with Crippen LogP contribution < -0.4 is 11.0 Å². The maximum absolute atomic E-state index is 12.0. The van der Waals surface area contributed by atoms with E-state index in [1.165, 1.54) is 0 Å². The number of nitrogens with zero attached hydrogens (tertiary/aromatic N) is 1. The molecule has 7 heteroatoms. The van der Waals surface area contributed by atoms with Crippen LogP contribution >= 0.6 is 0 Å². The van der Waals surface area contributed by atoms with Gasteiger partial charge in [-0.15, -0.1) is 0 Å². The molecule has 0 radical (unpaired) electrons. The van der Waals surface area contributed by atoms with E-state index in [-0.39, 0.29) is 18.9 Å². The quantitative estimate of drug-likeness (QED) is 0.723. The summed E-state index contributed by atoms with van der Waals surface area (Å²) >= 11 is 0. The molecule has 3 N–H and O–H groups in total. The minimum Gasteiger partial charge on any atom is -0.481 e. The summed E-state index contributed by atoms with van der Waals surface area (Å²) in [6.45, 7) is 3.54. The van der Waals surface area contributed by atoms with Gasteiger partial charge in [-0.2, -0.15) is 4.98 Å². The van der Waals surface area contributed by atoms with Crippen molar-refractivity contribution in [2.75, 3.05) is 6.54 Å². The fraction of sp³-hybridized carbons (Fsp3) is 0.571. The number of rotatable bonds is 5. The molecule has 0 atom stereocenters. The number of amides is 1. The molecular weight excluding hydrogens is 274 g/mol. The van der Waals surface area contributed by atoms with Crippen LogP contribution in [0.5, 0.6) is 0 Å². The number of hydrogen-bond donors (Lipinski definition) is 3. The molecule has 1 amide bonds. The SMILES string of the molecule is Cc1nc(=O)[nH]c(C)c1CC(=O)NCC1(C(=O)O)CCC1. The van der Waals surface area contributed by atoms with Crippen LogP contribution in [0.15, 0.2) is 4.79 Å². The van der Waals surface area contributed by atoms with Crippen molar-refractivity contribution < 1.29 is 14.7 Å². The second-order valence-corrected chi connectivity index (χ2v) is 5.62. The van der Waals surface area contributed by atoms with E-state index in [9.17, 15) is 19.5 Å². The minimum atomic E-state index is -0.855. The summed E-state index contributed by atoms with van der Waals surface area (Å²) in [5, 5.41) is 11.9. The summed E-state index contributed by atoms with van der Waals surface area (Å²) in [6, 6.07) is 0. The maximum atomic E-state index is 12.0. The van der Waals surface area contributed by atoms with Gasteiger partial charge in [-0.3, -0.25) is 9.59 Å². The summed E-state index contributed by atoms with van der Waals surface area (Å²) in [5.41, 5.74) is 0.559. The number of H-pyrrole nitrogens is 1. The van der Waals surface area contributed by atoms with Crippen LogP contribution in [0.25, 0.3) is 0 Å². The van der Waals surface area contributed by atoms with Gasteiger partial charge in [0.25, 0.3) is 0 Å². The highest BCUT2D eigenvalue weighted by atomic mass is 16.4. The van der Waals surface area contributed by atoms with Gasteiger partial charge >= 0.3 is 11.7 Å². The first kappa shape index (κ1) is 15.2. The summed E-state index contributed by atoms with van der Waals surface area (Å²) in [4.78, 5) is 40.7. The van der Waals surface area contributed by atoms with Crippen molar-refractivity contribution in [1.29, 1.82) is 0 Å². The van der Waals surface area contributed by atoms with Crippen LogP contribution in [0.1, 0.15) is 36.2 Å². The van der Waals surface area contributed by atoms with Gasteiger partial charge in [0.1, 0.15) is 0 Å². The third-order valence-electron chi connectivity index (χ3n) is 4.18. The number of hydrogen-bond acceptors (Lipinski definition) is 4. The van der Waals surface area contributed by atoms with Crippen LogP contribution in [0.2, 0.25) is 0 Å². The molecule has 7 nitrogen and oxygen atoms in total. The molecule has 1 aliphatic carbocycles. The Morgan fingerprint density at radius 2 is 2.05 bits per heavy atom. The van der Waals surface area contributed by atoms with Gasteiger partial charge in [-0.1, -0.05) is 6.42 Å². The molecule has 21 heavy (non-hydrogen) atoms. The molecule has 1 fully saturated rings. The molecule has 0 bridgehead atoms. The lowest BCUT2D eigenvalue weighted by Gasteiger charge is -2.37. The minimum absolute atomic E-state index is 0.0805. The molecule has 1 heterocycles. The molecule has 1 aromatic heterocycles. The lowest BCUT2D eigenvalue weighted by Crippen LogP contribution is -2.47. The molecule has 1 aliphatic rings. The van der Waals surface area contributed by atoms with Gasteiger partial charge in [-0.05, 0) is 26.7 Å². The molecule has 0 unspecified atom stereocenters. The fourth-order valence-electron chi connectivity index (χ4n) is 2.58. The Hall–Kier alpha value is -2.18. The zero-order valence-corrected chi connectivity index (χ0v) is 12.2. The van der Waals surface area contributed by atoms with Gasteiger partial charge in [0.15, 0.2) is 0 Å². The Balaban J connectivity index is 2.00. The maximum Gasteiger partial charge on any atom is 0.345 e. The Morgan fingerprint density at radius 1 is 1.38 bits per heavy atom. The molecule has 0 aliphatic heterocycles. The Bertz CT molecular complexity index is 605. The van der Waals surface area contributed by atoms with E-state index in [0.717, 1.165) is 6.42 Å². The van der Waals surface area contributed by atoms with Crippen LogP contribution in [0.3, 0.4) is 0 Å². The van der Waals surface area contributed by atoms with E-state index in [0.29, 0.717) is 29.8 Å². The predicted octanol–water partition coefficient (Wildman–Crippen LogP) is 0.300. The highest BCUT2D eigenvalue weighted by molar-refractivity contribution is 5.81. The van der Waals surface area contributed by atoms with E-state index < -0.39 is 17.1 Å². The van der Waals surface area contributed by atoms with Gasteiger partial charge < -0.3 is 15.4 Å². The van der Waals surface area contributed by atoms with E-state index in [4.69, 9.17) is 0 Å². The zero-order chi connectivity index (χ0) is 15.6. The van der Waals surface area contributed by atoms with E-state index in [1.807, 2.05) is 0 Å². The monoisotopic (exact) mass is 293 g/mol. The molecule has 2 rings (SSSR count). The summed E-state index contributed by atoms with van der Waals surface area (Å²) in [5.74, 6) is -1.12. The molecule has 1 aromatic rings. The smallest absolute Gasteiger partial charge is 0.345 e. The second-order valence-electron chi connectivity index (χ2n) is 5.62. The van der Waals surface area contributed by atoms with Gasteiger partial charge in [0, 0.05) is 23.5 Å². The lowest BCUT2D eigenvalue weighted by molar-refractivity contribution is -0.154. The average molecular weight is 293 g/mol. The first-order chi connectivity index (χ1) is 9.84. The molecule has 0 aromatic carbocycles. The van der Waals surface area contributed by atoms with Crippen molar-refractivity contribution in [2.24, 2.45) is 5.41 Å². The highest BCUT2D eigenvalue weighted by Crippen LogP contribution is 2.40. The second kappa shape index (κ2) is 5.67. The largest absolute Gasteiger partial charge is 0.481 e. The summed E-state index contributed by atoms with van der Waals surface area (Å²) in [7, 11) is 0. The number of aromatic amines is 1. The first-order valence-electron chi connectivity index (χ1n) is 6.90. The Morgan fingerprint density at radius 3 is 2.52 bits per heavy atom. The van der Waals surface area contributed by atoms with Crippen LogP contribution in [0, 0.1) is 19.3 Å². The van der Waals surface area contributed by atoms with Crippen LogP contribution in [-0.4, -0.2) is 33.5 Å². The van der Waals surface area contributed by atoms with Crippen molar-refractivity contribution in [3.05, 3.63) is 27.4 Å². The normalized spacial score (nSPS) is 16.1. The van der Waals surface area contributed by atoms with Gasteiger partial charge in [0.2, 0.25) is 5.91 Å². The van der Waals surface area contributed by atoms with Crippen LogP contribution in [0.4, 0.5) is 0 Å². The van der Waals surface area contributed by atoms with Gasteiger partial charge in [0.05, 0.1) is 11.8 Å². The summed E-state index contributed by atoms with van der Waals surface area (Å²) < 4.78 is 0. The molecule has 0 spiro atoms. The number of carbonyl (C=O) groups excluding carboxylic acids is 1. The highest BCUT2D eigenvalue weighted by Gasteiger charge is 2.44. The number of nitrogens with one attached hydrogen (secondary N) is 2. The number of aliphatic carboxylic acids is 1. The number of carboxylic acids is 1. The number of aryl methyl sites for hydroxylation is 2. The number of carbonyl (C=O) groups is 2. The molecule has 114 valence electrons. The third-order valence-corrected chi connectivity index (χ3v) is 4.18. The van der Waals surface area contributed by atoms with Gasteiger partial charge in [-0.25, -0.2) is 4.79 Å². The Labute approximate surface area is 121 Å². The standard InChI is InChI=1S/C14H19N3O4/c1-8-10(9(2)17-13(21)16-8)6-11(18)15-7-14(12(19)20)4-3-5-14/h3-7H2,1-2H3,(H,15,18)(H,19,20)(H,16,17,21). The van der Waals surface area contributed by atoms with Crippen LogP contribution in [-0.2, 0) is 16.0 Å². The number of aromatic nitrogens is 2. The van der Waals surface area contributed by atoms with E-state index >= 15 is 0 Å². The number of carboxylic acid groups (broad SMARTS) is 1. The fourth-order valence-corrected chi connectivity index (χ4v) is 2.58. The first-order valence-corrected chi connectivity index (χ1v) is 6.90. The molecular formula is C14H19N3O4. The van der Waals surface area contributed by atoms with Crippen molar-refractivity contribution in [3.63, 3.8) is 0 Å². The molecule has 1 saturated carbocycles. The third kappa shape index (κ3) is 3.12. The van der Waals surface area contributed by atoms with Crippen molar-refractivity contribution >= 4 is 11.9 Å². The average Bonchev–Trinajstić information content (AvgIpc) is 2.31. The van der Waals surface area contributed by atoms with Crippen molar-refractivity contribution in [3.8, 4) is 0 Å². The topological polar surface area (TPSA) is 112 Å². The summed E-state index contributed by atoms with van der Waals surface area (Å²) in [6.07, 6.45) is 2.16. The van der Waals surface area contributed by atoms with Crippen molar-refractivity contribution in [1.82, 2.24) is 15.3 Å². The zero-order valence-electron chi connectivity index (χ0n) is 12.2. The van der Waals surface area contributed by atoms with E-state index in [2.05, 4.69) is 15.3 Å². The van der Waals surface area contributed by atoms with E-state index in [1.54, 1.807) is 13.8 Å². The lowest BCUT2D eigenvalue weighted by atomic mass is 9.69.